The lowest BCUT2D eigenvalue weighted by Gasteiger charge is -2.02. The summed E-state index contributed by atoms with van der Waals surface area (Å²) in [7, 11) is 1.32. The van der Waals surface area contributed by atoms with Crippen LogP contribution in [0, 0.1) is 6.42 Å². The molecular formula is C8H6ClO2. The maximum absolute atomic E-state index is 10.9. The predicted molar refractivity (Wildman–Crippen MR) is 41.8 cm³/mol. The number of hydrogen-bond acceptors (Lipinski definition) is 2. The zero-order valence-electron chi connectivity index (χ0n) is 5.93. The van der Waals surface area contributed by atoms with Gasteiger partial charge < -0.3 is 4.74 Å². The molecule has 0 bridgehead atoms. The van der Waals surface area contributed by atoms with E-state index in [4.69, 9.17) is 11.6 Å². The maximum atomic E-state index is 10.9. The molecule has 0 N–H and O–H groups in total. The van der Waals surface area contributed by atoms with Gasteiger partial charge in [-0.05, 0) is 12.2 Å². The normalized spacial score (nSPS) is 15.5. The van der Waals surface area contributed by atoms with Crippen LogP contribution in [-0.2, 0) is 9.53 Å². The molecule has 11 heavy (non-hydrogen) atoms. The van der Waals surface area contributed by atoms with Crippen LogP contribution in [0.3, 0.4) is 0 Å². The molecule has 0 aromatic heterocycles. The van der Waals surface area contributed by atoms with Crippen LogP contribution in [-0.4, -0.2) is 13.1 Å². The number of methoxy groups -OCH3 is 1. The van der Waals surface area contributed by atoms with E-state index in [9.17, 15) is 4.79 Å². The molecule has 2 nitrogen and oxygen atoms in total. The van der Waals surface area contributed by atoms with Gasteiger partial charge in [-0.1, -0.05) is 11.6 Å². The fourth-order valence-corrected chi connectivity index (χ4v) is 0.839. The van der Waals surface area contributed by atoms with Gasteiger partial charge in [0.2, 0.25) is 0 Å². The molecule has 0 aliphatic heterocycles. The van der Waals surface area contributed by atoms with Crippen molar-refractivity contribution in [2.24, 2.45) is 0 Å². The Kier molecular flexibility index (Phi) is 2.53. The van der Waals surface area contributed by atoms with Gasteiger partial charge in [0.05, 0.1) is 12.7 Å². The van der Waals surface area contributed by atoms with Crippen LogP contribution in [0.4, 0.5) is 0 Å². The van der Waals surface area contributed by atoms with E-state index in [0.717, 1.165) is 0 Å². The molecule has 0 amide bonds. The van der Waals surface area contributed by atoms with E-state index in [0.29, 0.717) is 10.6 Å². The van der Waals surface area contributed by atoms with E-state index in [2.05, 4.69) is 10.5 Å². The molecular weight excluding hydrogens is 164 g/mol. The van der Waals surface area contributed by atoms with Gasteiger partial charge >= 0.3 is 5.97 Å². The van der Waals surface area contributed by atoms with Crippen LogP contribution < -0.4 is 0 Å². The van der Waals surface area contributed by atoms with Gasteiger partial charge in [0.25, 0.3) is 0 Å². The molecule has 0 fully saturated rings. The van der Waals surface area contributed by atoms with E-state index in [1.807, 2.05) is 0 Å². The van der Waals surface area contributed by atoms with Crippen molar-refractivity contribution in [3.8, 4) is 0 Å². The largest absolute Gasteiger partial charge is 0.465 e. The first-order valence-electron chi connectivity index (χ1n) is 2.99. The summed E-state index contributed by atoms with van der Waals surface area (Å²) in [5.74, 6) is -0.424. The summed E-state index contributed by atoms with van der Waals surface area (Å²) in [6, 6.07) is 0. The van der Waals surface area contributed by atoms with Crippen LogP contribution in [0.2, 0.25) is 0 Å². The van der Waals surface area contributed by atoms with E-state index in [-0.39, 0.29) is 0 Å². The number of carbonyl (C=O) groups excluding carboxylic acids is 1. The van der Waals surface area contributed by atoms with Gasteiger partial charge in [-0.25, -0.2) is 4.79 Å². The Morgan fingerprint density at radius 3 is 3.00 bits per heavy atom. The summed E-state index contributed by atoms with van der Waals surface area (Å²) in [5, 5.41) is 0.504. The number of esters is 1. The minimum Gasteiger partial charge on any atom is -0.465 e. The number of carbonyl (C=O) groups is 1. The van der Waals surface area contributed by atoms with Gasteiger partial charge in [0.1, 0.15) is 0 Å². The molecule has 0 atom stereocenters. The second-order valence-electron chi connectivity index (χ2n) is 1.91. The fourth-order valence-electron chi connectivity index (χ4n) is 0.667. The first-order valence-corrected chi connectivity index (χ1v) is 3.37. The lowest BCUT2D eigenvalue weighted by molar-refractivity contribution is -0.135. The van der Waals surface area contributed by atoms with Crippen LogP contribution in [0.5, 0.6) is 0 Å². The molecule has 3 heteroatoms. The molecule has 1 aliphatic rings. The Morgan fingerprint density at radius 1 is 1.73 bits per heavy atom. The fraction of sp³-hybridized carbons (Fsp3) is 0.125. The van der Waals surface area contributed by atoms with Crippen LogP contribution >= 0.6 is 11.6 Å². The SMILES string of the molecule is COC(=O)C1=C=CC=C(Cl)[CH]1. The molecule has 1 aliphatic carbocycles. The number of hydrogen-bond donors (Lipinski definition) is 0. The van der Waals surface area contributed by atoms with Crippen molar-refractivity contribution >= 4 is 17.6 Å². The lowest BCUT2D eigenvalue weighted by Crippen LogP contribution is -2.05. The van der Waals surface area contributed by atoms with E-state index < -0.39 is 5.97 Å². The quantitative estimate of drug-likeness (QED) is 0.440. The van der Waals surface area contributed by atoms with Crippen LogP contribution in [0.15, 0.2) is 28.5 Å². The summed E-state index contributed by atoms with van der Waals surface area (Å²) in [5.41, 5.74) is 3.05. The minimum absolute atomic E-state index is 0.347. The van der Waals surface area contributed by atoms with Gasteiger partial charge in [0, 0.05) is 11.5 Å². The van der Waals surface area contributed by atoms with Crippen molar-refractivity contribution in [2.45, 2.75) is 0 Å². The molecule has 1 rings (SSSR count). The molecule has 1 radical (unpaired) electrons. The second-order valence-corrected chi connectivity index (χ2v) is 2.35. The van der Waals surface area contributed by atoms with Crippen LogP contribution in [0.1, 0.15) is 0 Å². The minimum atomic E-state index is -0.424. The molecule has 57 valence electrons. The second kappa shape index (κ2) is 3.42. The Bertz CT molecular complexity index is 270. The highest BCUT2D eigenvalue weighted by molar-refractivity contribution is 6.31. The third-order valence-electron chi connectivity index (χ3n) is 1.17. The molecule has 0 spiro atoms. The summed E-state index contributed by atoms with van der Waals surface area (Å²) < 4.78 is 4.46. The number of ether oxygens (including phenoxy) is 1. The molecule has 0 unspecified atom stereocenters. The van der Waals surface area contributed by atoms with E-state index in [1.165, 1.54) is 13.5 Å². The average Bonchev–Trinajstić information content (AvgIpc) is 2.03. The van der Waals surface area contributed by atoms with Crippen molar-refractivity contribution in [3.05, 3.63) is 34.9 Å². The smallest absolute Gasteiger partial charge is 0.342 e. The average molecular weight is 170 g/mol. The topological polar surface area (TPSA) is 26.3 Å². The highest BCUT2D eigenvalue weighted by Crippen LogP contribution is 2.16. The van der Waals surface area contributed by atoms with Gasteiger partial charge in [0.15, 0.2) is 0 Å². The molecule has 0 heterocycles. The Balaban J connectivity index is 2.79. The zero-order valence-corrected chi connectivity index (χ0v) is 6.68. The first kappa shape index (κ1) is 8.12. The Labute approximate surface area is 69.8 Å². The summed E-state index contributed by atoms with van der Waals surface area (Å²) in [6.07, 6.45) is 4.73. The van der Waals surface area contributed by atoms with Gasteiger partial charge in [-0.15, -0.1) is 5.73 Å². The molecule has 0 saturated heterocycles. The van der Waals surface area contributed by atoms with Crippen molar-refractivity contribution in [1.29, 1.82) is 0 Å². The number of rotatable bonds is 1. The number of allylic oxidation sites excluding steroid dienone is 2. The van der Waals surface area contributed by atoms with Crippen molar-refractivity contribution < 1.29 is 9.53 Å². The summed E-state index contributed by atoms with van der Waals surface area (Å²) in [6.45, 7) is 0. The molecule has 0 aromatic carbocycles. The van der Waals surface area contributed by atoms with Crippen molar-refractivity contribution in [1.82, 2.24) is 0 Å². The van der Waals surface area contributed by atoms with Gasteiger partial charge in [-0.2, -0.15) is 0 Å². The standard InChI is InChI=1S/C8H6ClO2/c1-11-8(10)6-3-2-4-7(9)5-6/h2,4-5H,1H3. The lowest BCUT2D eigenvalue weighted by atomic mass is 10.1. The third kappa shape index (κ3) is 1.97. The predicted octanol–water partition coefficient (Wildman–Crippen LogP) is 1.58. The Hall–Kier alpha value is -0.980. The van der Waals surface area contributed by atoms with Crippen LogP contribution in [0.25, 0.3) is 0 Å². The third-order valence-corrected chi connectivity index (χ3v) is 1.40. The molecule has 0 aromatic rings. The Morgan fingerprint density at radius 2 is 2.45 bits per heavy atom. The van der Waals surface area contributed by atoms with Crippen molar-refractivity contribution in [2.75, 3.05) is 7.11 Å². The van der Waals surface area contributed by atoms with E-state index >= 15 is 0 Å². The summed E-state index contributed by atoms with van der Waals surface area (Å²) >= 11 is 5.62. The zero-order chi connectivity index (χ0) is 8.27. The van der Waals surface area contributed by atoms with Gasteiger partial charge in [-0.3, -0.25) is 0 Å². The van der Waals surface area contributed by atoms with E-state index in [1.54, 1.807) is 12.2 Å². The number of halogens is 1. The van der Waals surface area contributed by atoms with Crippen molar-refractivity contribution in [3.63, 3.8) is 0 Å². The maximum Gasteiger partial charge on any atom is 0.342 e. The summed E-state index contributed by atoms with van der Waals surface area (Å²) in [4.78, 5) is 10.9. The highest BCUT2D eigenvalue weighted by atomic mass is 35.5. The molecule has 0 saturated carbocycles. The highest BCUT2D eigenvalue weighted by Gasteiger charge is 2.11. The monoisotopic (exact) mass is 169 g/mol. The first-order chi connectivity index (χ1) is 5.24.